The highest BCUT2D eigenvalue weighted by atomic mass is 16.5. The molecule has 1 fully saturated rings. The molecule has 0 unspecified atom stereocenters. The van der Waals surface area contributed by atoms with Gasteiger partial charge in [0.1, 0.15) is 11.8 Å². The average molecular weight is 314 g/mol. The van der Waals surface area contributed by atoms with Crippen molar-refractivity contribution < 1.29 is 9.53 Å². The second-order valence-electron chi connectivity index (χ2n) is 5.67. The number of imidazole rings is 1. The minimum absolute atomic E-state index is 0.141. The van der Waals surface area contributed by atoms with Crippen LogP contribution < -0.4 is 9.64 Å². The first-order valence-corrected chi connectivity index (χ1v) is 7.85. The SMILES string of the molecule is COc1ccccc1N1CCN(C(=O)[C@H](C)n2ccnc2)CC1. The van der Waals surface area contributed by atoms with E-state index in [1.165, 1.54) is 0 Å². The smallest absolute Gasteiger partial charge is 0.245 e. The fraction of sp³-hybridized carbons (Fsp3) is 0.412. The summed E-state index contributed by atoms with van der Waals surface area (Å²) in [7, 11) is 1.69. The molecule has 2 heterocycles. The van der Waals surface area contributed by atoms with Crippen LogP contribution in [0.4, 0.5) is 5.69 Å². The van der Waals surface area contributed by atoms with Crippen LogP contribution >= 0.6 is 0 Å². The third-order valence-electron chi connectivity index (χ3n) is 4.35. The molecule has 1 aliphatic heterocycles. The van der Waals surface area contributed by atoms with E-state index < -0.39 is 0 Å². The second kappa shape index (κ2) is 6.73. The van der Waals surface area contributed by atoms with Gasteiger partial charge in [0.05, 0.1) is 19.1 Å². The first-order valence-electron chi connectivity index (χ1n) is 7.85. The number of methoxy groups -OCH3 is 1. The van der Waals surface area contributed by atoms with Crippen LogP contribution in [0.15, 0.2) is 43.0 Å². The van der Waals surface area contributed by atoms with Crippen molar-refractivity contribution in [2.45, 2.75) is 13.0 Å². The lowest BCUT2D eigenvalue weighted by molar-refractivity contribution is -0.134. The number of piperazine rings is 1. The lowest BCUT2D eigenvalue weighted by Crippen LogP contribution is -2.50. The van der Waals surface area contributed by atoms with E-state index in [-0.39, 0.29) is 11.9 Å². The van der Waals surface area contributed by atoms with Crippen LogP contribution in [0, 0.1) is 0 Å². The molecule has 1 atom stereocenters. The van der Waals surface area contributed by atoms with Crippen molar-refractivity contribution in [2.75, 3.05) is 38.2 Å². The highest BCUT2D eigenvalue weighted by Gasteiger charge is 2.26. The molecule has 0 saturated carbocycles. The maximum atomic E-state index is 12.6. The molecular formula is C17H22N4O2. The monoisotopic (exact) mass is 314 g/mol. The normalized spacial score (nSPS) is 16.3. The van der Waals surface area contributed by atoms with Gasteiger partial charge in [-0.2, -0.15) is 0 Å². The van der Waals surface area contributed by atoms with E-state index in [1.807, 2.05) is 40.8 Å². The molecule has 1 aromatic carbocycles. The summed E-state index contributed by atoms with van der Waals surface area (Å²) >= 11 is 0. The zero-order valence-corrected chi connectivity index (χ0v) is 13.6. The van der Waals surface area contributed by atoms with Crippen LogP contribution in [-0.4, -0.2) is 53.6 Å². The third-order valence-corrected chi connectivity index (χ3v) is 4.35. The molecule has 3 rings (SSSR count). The summed E-state index contributed by atoms with van der Waals surface area (Å²) < 4.78 is 7.27. The predicted octanol–water partition coefficient (Wildman–Crippen LogP) is 1.80. The Morgan fingerprint density at radius 1 is 1.22 bits per heavy atom. The Kier molecular flexibility index (Phi) is 4.50. The highest BCUT2D eigenvalue weighted by Crippen LogP contribution is 2.28. The van der Waals surface area contributed by atoms with Gasteiger partial charge in [-0.15, -0.1) is 0 Å². The standard InChI is InChI=1S/C17H22N4O2/c1-14(21-8-7-18-13-21)17(22)20-11-9-19(10-12-20)15-5-3-4-6-16(15)23-2/h3-8,13-14H,9-12H2,1-2H3/t14-/m0/s1. The predicted molar refractivity (Wildman–Crippen MR) is 88.7 cm³/mol. The highest BCUT2D eigenvalue weighted by molar-refractivity contribution is 5.80. The number of carbonyl (C=O) groups excluding carboxylic acids is 1. The van der Waals surface area contributed by atoms with Crippen molar-refractivity contribution in [2.24, 2.45) is 0 Å². The van der Waals surface area contributed by atoms with E-state index in [1.54, 1.807) is 19.6 Å². The molecule has 122 valence electrons. The fourth-order valence-electron chi connectivity index (χ4n) is 2.95. The number of ether oxygens (including phenoxy) is 1. The Labute approximate surface area is 136 Å². The molecule has 0 radical (unpaired) electrons. The van der Waals surface area contributed by atoms with Crippen LogP contribution in [0.25, 0.3) is 0 Å². The zero-order chi connectivity index (χ0) is 16.2. The number of rotatable bonds is 4. The number of hydrogen-bond acceptors (Lipinski definition) is 4. The van der Waals surface area contributed by atoms with Gasteiger partial charge in [0.25, 0.3) is 0 Å². The zero-order valence-electron chi connectivity index (χ0n) is 13.6. The largest absolute Gasteiger partial charge is 0.495 e. The van der Waals surface area contributed by atoms with Gasteiger partial charge in [0.15, 0.2) is 0 Å². The Morgan fingerprint density at radius 3 is 2.61 bits per heavy atom. The molecule has 23 heavy (non-hydrogen) atoms. The van der Waals surface area contributed by atoms with Crippen molar-refractivity contribution in [3.63, 3.8) is 0 Å². The average Bonchev–Trinajstić information content (AvgIpc) is 3.15. The number of hydrogen-bond donors (Lipinski definition) is 0. The Morgan fingerprint density at radius 2 is 1.96 bits per heavy atom. The number of para-hydroxylation sites is 2. The van der Waals surface area contributed by atoms with E-state index in [2.05, 4.69) is 16.0 Å². The first kappa shape index (κ1) is 15.4. The van der Waals surface area contributed by atoms with Crippen molar-refractivity contribution in [1.82, 2.24) is 14.5 Å². The van der Waals surface area contributed by atoms with Crippen LogP contribution in [0.3, 0.4) is 0 Å². The number of amides is 1. The van der Waals surface area contributed by atoms with Gasteiger partial charge in [0, 0.05) is 38.6 Å². The second-order valence-corrected chi connectivity index (χ2v) is 5.67. The molecule has 1 amide bonds. The minimum Gasteiger partial charge on any atom is -0.495 e. The number of nitrogens with zero attached hydrogens (tertiary/aromatic N) is 4. The molecular weight excluding hydrogens is 292 g/mol. The molecule has 0 aliphatic carbocycles. The summed E-state index contributed by atoms with van der Waals surface area (Å²) in [5.74, 6) is 1.02. The van der Waals surface area contributed by atoms with Crippen molar-refractivity contribution in [3.05, 3.63) is 43.0 Å². The number of carbonyl (C=O) groups is 1. The van der Waals surface area contributed by atoms with Crippen LogP contribution in [0.2, 0.25) is 0 Å². The molecule has 1 aliphatic rings. The van der Waals surface area contributed by atoms with E-state index >= 15 is 0 Å². The maximum absolute atomic E-state index is 12.6. The molecule has 6 heteroatoms. The van der Waals surface area contributed by atoms with Crippen LogP contribution in [-0.2, 0) is 4.79 Å². The summed E-state index contributed by atoms with van der Waals surface area (Å²) in [6.45, 7) is 4.97. The van der Waals surface area contributed by atoms with Gasteiger partial charge in [-0.25, -0.2) is 4.98 Å². The third kappa shape index (κ3) is 3.16. The molecule has 2 aromatic rings. The summed E-state index contributed by atoms with van der Waals surface area (Å²) in [6, 6.07) is 7.79. The van der Waals surface area contributed by atoms with Gasteiger partial charge in [-0.05, 0) is 19.1 Å². The molecule has 0 bridgehead atoms. The lowest BCUT2D eigenvalue weighted by atomic mass is 10.2. The van der Waals surface area contributed by atoms with Gasteiger partial charge in [-0.3, -0.25) is 4.79 Å². The van der Waals surface area contributed by atoms with E-state index in [9.17, 15) is 4.79 Å². The first-order chi connectivity index (χ1) is 11.2. The fourth-order valence-corrected chi connectivity index (χ4v) is 2.95. The number of aromatic nitrogens is 2. The Balaban J connectivity index is 1.63. The summed E-state index contributed by atoms with van der Waals surface area (Å²) in [5.41, 5.74) is 1.09. The van der Waals surface area contributed by atoms with Gasteiger partial charge < -0.3 is 19.1 Å². The number of anilines is 1. The molecule has 0 spiro atoms. The van der Waals surface area contributed by atoms with E-state index in [4.69, 9.17) is 4.74 Å². The quantitative estimate of drug-likeness (QED) is 0.863. The van der Waals surface area contributed by atoms with Gasteiger partial charge in [-0.1, -0.05) is 12.1 Å². The summed E-state index contributed by atoms with van der Waals surface area (Å²) in [4.78, 5) is 20.8. The lowest BCUT2D eigenvalue weighted by Gasteiger charge is -2.37. The topological polar surface area (TPSA) is 50.6 Å². The van der Waals surface area contributed by atoms with E-state index in [0.717, 1.165) is 37.6 Å². The summed E-state index contributed by atoms with van der Waals surface area (Å²) in [6.07, 6.45) is 5.21. The molecule has 6 nitrogen and oxygen atoms in total. The van der Waals surface area contributed by atoms with Crippen molar-refractivity contribution >= 4 is 11.6 Å². The Bertz CT molecular complexity index is 648. The minimum atomic E-state index is -0.213. The van der Waals surface area contributed by atoms with Crippen LogP contribution in [0.5, 0.6) is 5.75 Å². The van der Waals surface area contributed by atoms with E-state index in [0.29, 0.717) is 0 Å². The summed E-state index contributed by atoms with van der Waals surface area (Å²) in [5, 5.41) is 0. The number of benzene rings is 1. The molecule has 1 aromatic heterocycles. The Hall–Kier alpha value is -2.50. The molecule has 0 N–H and O–H groups in total. The van der Waals surface area contributed by atoms with Gasteiger partial charge in [0.2, 0.25) is 5.91 Å². The van der Waals surface area contributed by atoms with Crippen molar-refractivity contribution in [1.29, 1.82) is 0 Å². The maximum Gasteiger partial charge on any atom is 0.245 e. The molecule has 1 saturated heterocycles. The van der Waals surface area contributed by atoms with Gasteiger partial charge >= 0.3 is 0 Å². The van der Waals surface area contributed by atoms with Crippen molar-refractivity contribution in [3.8, 4) is 5.75 Å². The van der Waals surface area contributed by atoms with Crippen LogP contribution in [0.1, 0.15) is 13.0 Å².